The number of hydrogen-bond acceptors (Lipinski definition) is 4. The molecular weight excluding hydrogens is 363 g/mol. The molecule has 0 aliphatic heterocycles. The maximum Gasteiger partial charge on any atom is 0.271 e. The van der Waals surface area contributed by atoms with Gasteiger partial charge in [-0.15, -0.1) is 0 Å². The number of likely N-dealkylation sites (N-methyl/N-ethyl adjacent to an activating group) is 1. The number of carbonyl (C=O) groups is 1. The van der Waals surface area contributed by atoms with Crippen molar-refractivity contribution in [1.29, 1.82) is 0 Å². The summed E-state index contributed by atoms with van der Waals surface area (Å²) >= 11 is 1.65. The quantitative estimate of drug-likeness (QED) is 0.639. The second-order valence-corrected chi connectivity index (χ2v) is 6.88. The number of benzene rings is 1. The van der Waals surface area contributed by atoms with Crippen LogP contribution in [0.4, 0.5) is 4.39 Å². The number of amides is 1. The van der Waals surface area contributed by atoms with Crippen LogP contribution in [0.5, 0.6) is 0 Å². The third kappa shape index (κ3) is 4.43. The Morgan fingerprint density at radius 3 is 2.70 bits per heavy atom. The van der Waals surface area contributed by atoms with E-state index in [1.54, 1.807) is 41.8 Å². The zero-order chi connectivity index (χ0) is 19.2. The number of nitrogens with one attached hydrogen (secondary N) is 1. The Morgan fingerprint density at radius 2 is 2.04 bits per heavy atom. The Morgan fingerprint density at radius 1 is 1.26 bits per heavy atom. The molecule has 2 aromatic heterocycles. The highest BCUT2D eigenvalue weighted by Crippen LogP contribution is 2.22. The van der Waals surface area contributed by atoms with E-state index in [1.807, 2.05) is 5.38 Å². The molecule has 0 fully saturated rings. The lowest BCUT2D eigenvalue weighted by Gasteiger charge is -2.29. The van der Waals surface area contributed by atoms with E-state index in [-0.39, 0.29) is 23.5 Å². The van der Waals surface area contributed by atoms with E-state index in [0.717, 1.165) is 13.1 Å². The molecule has 0 radical (unpaired) electrons. The lowest BCUT2D eigenvalue weighted by atomic mass is 10.1. The van der Waals surface area contributed by atoms with E-state index in [9.17, 15) is 9.18 Å². The Balaban J connectivity index is 1.71. The van der Waals surface area contributed by atoms with Crippen LogP contribution in [0, 0.1) is 5.82 Å². The fourth-order valence-electron chi connectivity index (χ4n) is 3.08. The molecule has 3 rings (SSSR count). The monoisotopic (exact) mass is 386 g/mol. The van der Waals surface area contributed by atoms with E-state index in [1.165, 1.54) is 16.3 Å². The smallest absolute Gasteiger partial charge is 0.271 e. The first kappa shape index (κ1) is 19.3. The summed E-state index contributed by atoms with van der Waals surface area (Å²) < 4.78 is 15.3. The third-order valence-electron chi connectivity index (χ3n) is 4.56. The van der Waals surface area contributed by atoms with E-state index in [4.69, 9.17) is 0 Å². The molecule has 1 aromatic carbocycles. The van der Waals surface area contributed by atoms with Gasteiger partial charge in [-0.05, 0) is 53.7 Å². The van der Waals surface area contributed by atoms with Crippen LogP contribution in [-0.2, 0) is 0 Å². The number of halogens is 1. The van der Waals surface area contributed by atoms with E-state index in [0.29, 0.717) is 12.2 Å². The first-order chi connectivity index (χ1) is 13.1. The normalized spacial score (nSPS) is 12.3. The minimum absolute atomic E-state index is 0.115. The fraction of sp³-hybridized carbons (Fsp3) is 0.300. The average Bonchev–Trinajstić information content (AvgIpc) is 3.37. The summed E-state index contributed by atoms with van der Waals surface area (Å²) in [4.78, 5) is 14.9. The number of thiophene rings is 1. The number of aromatic nitrogens is 2. The zero-order valence-corrected chi connectivity index (χ0v) is 16.2. The second kappa shape index (κ2) is 8.92. The zero-order valence-electron chi connectivity index (χ0n) is 15.4. The standard InChI is InChI=1S/C20H23FN4OS/c1-3-24(4-2)19(15-10-12-27-14-15)13-22-20(26)17-9-11-25(23-17)18-8-6-5-7-16(18)21/h5-12,14,19H,3-4,13H2,1-2H3,(H,22,26). The minimum Gasteiger partial charge on any atom is -0.349 e. The second-order valence-electron chi connectivity index (χ2n) is 6.10. The van der Waals surface area contributed by atoms with Crippen LogP contribution < -0.4 is 5.32 Å². The first-order valence-electron chi connectivity index (χ1n) is 8.99. The molecule has 0 bridgehead atoms. The molecule has 27 heavy (non-hydrogen) atoms. The highest BCUT2D eigenvalue weighted by atomic mass is 32.1. The van der Waals surface area contributed by atoms with Gasteiger partial charge in [0.15, 0.2) is 5.69 Å². The highest BCUT2D eigenvalue weighted by molar-refractivity contribution is 7.07. The summed E-state index contributed by atoms with van der Waals surface area (Å²) in [6, 6.07) is 10.1. The predicted molar refractivity (Wildman–Crippen MR) is 106 cm³/mol. The summed E-state index contributed by atoms with van der Waals surface area (Å²) in [5, 5.41) is 11.3. The molecular formula is C20H23FN4OS. The molecule has 1 N–H and O–H groups in total. The summed E-state index contributed by atoms with van der Waals surface area (Å²) in [6.45, 7) is 6.51. The van der Waals surface area contributed by atoms with Gasteiger partial charge in [0.2, 0.25) is 0 Å². The van der Waals surface area contributed by atoms with Gasteiger partial charge in [-0.25, -0.2) is 9.07 Å². The van der Waals surface area contributed by atoms with Gasteiger partial charge < -0.3 is 5.32 Å². The first-order valence-corrected chi connectivity index (χ1v) is 9.93. The number of hydrogen-bond donors (Lipinski definition) is 1. The fourth-order valence-corrected chi connectivity index (χ4v) is 3.79. The van der Waals surface area contributed by atoms with Crippen molar-refractivity contribution in [3.05, 3.63) is 70.4 Å². The summed E-state index contributed by atoms with van der Waals surface area (Å²) in [5.74, 6) is -0.649. The molecule has 3 aromatic rings. The van der Waals surface area contributed by atoms with Crippen LogP contribution in [0.1, 0.15) is 35.9 Å². The molecule has 0 aliphatic carbocycles. The number of nitrogens with zero attached hydrogens (tertiary/aromatic N) is 3. The number of para-hydroxylation sites is 1. The Hall–Kier alpha value is -2.51. The van der Waals surface area contributed by atoms with Gasteiger partial charge in [-0.1, -0.05) is 26.0 Å². The topological polar surface area (TPSA) is 50.2 Å². The highest BCUT2D eigenvalue weighted by Gasteiger charge is 2.20. The molecule has 142 valence electrons. The molecule has 0 aliphatic rings. The van der Waals surface area contributed by atoms with Crippen molar-refractivity contribution < 1.29 is 9.18 Å². The molecule has 1 unspecified atom stereocenters. The lowest BCUT2D eigenvalue weighted by molar-refractivity contribution is 0.0929. The van der Waals surface area contributed by atoms with Gasteiger partial charge in [0.1, 0.15) is 11.5 Å². The van der Waals surface area contributed by atoms with Gasteiger partial charge in [0, 0.05) is 12.7 Å². The number of carbonyl (C=O) groups excluding carboxylic acids is 1. The van der Waals surface area contributed by atoms with Crippen LogP contribution in [0.15, 0.2) is 53.4 Å². The minimum atomic E-state index is -0.383. The van der Waals surface area contributed by atoms with Crippen LogP contribution in [-0.4, -0.2) is 40.2 Å². The molecule has 2 heterocycles. The van der Waals surface area contributed by atoms with Crippen LogP contribution in [0.2, 0.25) is 0 Å². The lowest BCUT2D eigenvalue weighted by Crippen LogP contribution is -2.38. The number of rotatable bonds is 8. The molecule has 1 atom stereocenters. The molecule has 5 nitrogen and oxygen atoms in total. The molecule has 1 amide bonds. The Labute approximate surface area is 162 Å². The van der Waals surface area contributed by atoms with Crippen molar-refractivity contribution in [2.24, 2.45) is 0 Å². The predicted octanol–water partition coefficient (Wildman–Crippen LogP) is 3.89. The summed E-state index contributed by atoms with van der Waals surface area (Å²) in [7, 11) is 0. The van der Waals surface area contributed by atoms with Crippen LogP contribution in [0.25, 0.3) is 5.69 Å². The van der Waals surface area contributed by atoms with E-state index in [2.05, 4.69) is 40.6 Å². The molecule has 0 spiro atoms. The summed E-state index contributed by atoms with van der Waals surface area (Å²) in [6.07, 6.45) is 1.59. The Kier molecular flexibility index (Phi) is 6.36. The largest absolute Gasteiger partial charge is 0.349 e. The van der Waals surface area contributed by atoms with E-state index >= 15 is 0 Å². The maximum absolute atomic E-state index is 13.9. The SMILES string of the molecule is CCN(CC)C(CNC(=O)c1ccn(-c2ccccc2F)n1)c1ccsc1. The average molecular weight is 386 g/mol. The molecule has 0 saturated heterocycles. The summed E-state index contributed by atoms with van der Waals surface area (Å²) in [5.41, 5.74) is 1.78. The van der Waals surface area contributed by atoms with Crippen LogP contribution in [0.3, 0.4) is 0 Å². The van der Waals surface area contributed by atoms with Gasteiger partial charge >= 0.3 is 0 Å². The van der Waals surface area contributed by atoms with Crippen molar-refractivity contribution in [3.8, 4) is 5.69 Å². The van der Waals surface area contributed by atoms with Crippen molar-refractivity contribution in [3.63, 3.8) is 0 Å². The van der Waals surface area contributed by atoms with Crippen molar-refractivity contribution in [2.45, 2.75) is 19.9 Å². The van der Waals surface area contributed by atoms with Gasteiger partial charge in [-0.3, -0.25) is 9.69 Å². The third-order valence-corrected chi connectivity index (χ3v) is 5.26. The molecule has 0 saturated carbocycles. The van der Waals surface area contributed by atoms with Crippen LogP contribution >= 0.6 is 11.3 Å². The Bertz CT molecular complexity index is 874. The maximum atomic E-state index is 13.9. The van der Waals surface area contributed by atoms with Gasteiger partial charge in [0.05, 0.1) is 6.04 Å². The van der Waals surface area contributed by atoms with Crippen molar-refractivity contribution in [1.82, 2.24) is 20.0 Å². The molecule has 7 heteroatoms. The van der Waals surface area contributed by atoms with Gasteiger partial charge in [0.25, 0.3) is 5.91 Å². The van der Waals surface area contributed by atoms with E-state index < -0.39 is 0 Å². The van der Waals surface area contributed by atoms with Gasteiger partial charge in [-0.2, -0.15) is 16.4 Å². The van der Waals surface area contributed by atoms with Crippen molar-refractivity contribution in [2.75, 3.05) is 19.6 Å². The van der Waals surface area contributed by atoms with Crippen molar-refractivity contribution >= 4 is 17.2 Å².